The van der Waals surface area contributed by atoms with Crippen molar-refractivity contribution >= 4 is 12.0 Å². The van der Waals surface area contributed by atoms with Crippen molar-refractivity contribution in [3.63, 3.8) is 0 Å². The van der Waals surface area contributed by atoms with Gasteiger partial charge in [-0.05, 0) is 41.5 Å². The van der Waals surface area contributed by atoms with Crippen LogP contribution in [0.15, 0.2) is 60.8 Å². The second kappa shape index (κ2) is 9.94. The van der Waals surface area contributed by atoms with Gasteiger partial charge in [0.05, 0.1) is 43.0 Å². The van der Waals surface area contributed by atoms with Crippen molar-refractivity contribution in [3.05, 3.63) is 77.6 Å². The van der Waals surface area contributed by atoms with Crippen molar-refractivity contribution in [1.82, 2.24) is 15.3 Å². The molecule has 3 aliphatic heterocycles. The Morgan fingerprint density at radius 2 is 1.60 bits per heavy atom. The van der Waals surface area contributed by atoms with Crippen LogP contribution in [0.1, 0.15) is 29.7 Å². The monoisotopic (exact) mass is 544 g/mol. The maximum absolute atomic E-state index is 10.8. The number of amides is 1. The van der Waals surface area contributed by atoms with Gasteiger partial charge in [-0.2, -0.15) is 0 Å². The Morgan fingerprint density at radius 1 is 0.950 bits per heavy atom. The maximum atomic E-state index is 10.8. The van der Waals surface area contributed by atoms with Crippen LogP contribution in [0.5, 0.6) is 11.5 Å². The smallest absolute Gasteiger partial charge is 0.404 e. The van der Waals surface area contributed by atoms with Crippen LogP contribution in [-0.4, -0.2) is 72.8 Å². The maximum Gasteiger partial charge on any atom is 0.404 e. The van der Waals surface area contributed by atoms with E-state index in [1.54, 1.807) is 6.20 Å². The zero-order valence-electron chi connectivity index (χ0n) is 22.1. The first-order valence-electron chi connectivity index (χ1n) is 13.7. The third-order valence-electron chi connectivity index (χ3n) is 8.48. The van der Waals surface area contributed by atoms with Gasteiger partial charge in [-0.3, -0.25) is 0 Å². The van der Waals surface area contributed by atoms with Gasteiger partial charge in [-0.1, -0.05) is 24.3 Å². The number of hydrogen-bond acceptors (Lipinski definition) is 8. The van der Waals surface area contributed by atoms with Crippen molar-refractivity contribution in [2.75, 3.05) is 44.4 Å². The van der Waals surface area contributed by atoms with Gasteiger partial charge in [0.1, 0.15) is 24.2 Å². The molecule has 0 bridgehead atoms. The predicted molar refractivity (Wildman–Crippen MR) is 145 cm³/mol. The summed E-state index contributed by atoms with van der Waals surface area (Å²) in [5, 5.41) is 11.3. The summed E-state index contributed by atoms with van der Waals surface area (Å²) in [4.78, 5) is 22.1. The molecule has 4 heterocycles. The Morgan fingerprint density at radius 3 is 2.17 bits per heavy atom. The largest absolute Gasteiger partial charge is 0.490 e. The molecule has 2 aromatic carbocycles. The molecule has 0 unspecified atom stereocenters. The predicted octanol–water partition coefficient (Wildman–Crippen LogP) is 3.39. The Hall–Kier alpha value is -3.89. The third kappa shape index (κ3) is 4.71. The second-order valence-electron chi connectivity index (χ2n) is 11.5. The highest BCUT2D eigenvalue weighted by Gasteiger charge is 2.50. The van der Waals surface area contributed by atoms with E-state index in [1.807, 2.05) is 30.3 Å². The highest BCUT2D eigenvalue weighted by molar-refractivity contribution is 5.65. The first-order chi connectivity index (χ1) is 19.5. The lowest BCUT2D eigenvalue weighted by molar-refractivity contribution is -0.127. The first-order valence-corrected chi connectivity index (χ1v) is 13.7. The van der Waals surface area contributed by atoms with Crippen LogP contribution >= 0.6 is 0 Å². The molecular formula is C30H32N4O6. The van der Waals surface area contributed by atoms with Crippen LogP contribution < -0.4 is 19.7 Å². The topological polar surface area (TPSA) is 115 Å². The lowest BCUT2D eigenvalue weighted by Gasteiger charge is -2.54. The molecule has 7 rings (SSSR count). The molecule has 0 atom stereocenters. The molecule has 208 valence electrons. The summed E-state index contributed by atoms with van der Waals surface area (Å²) in [7, 11) is 0. The fourth-order valence-electron chi connectivity index (χ4n) is 5.93. The molecule has 10 nitrogen and oxygen atoms in total. The van der Waals surface area contributed by atoms with Gasteiger partial charge in [0.15, 0.2) is 0 Å². The number of carboxylic acid groups (broad SMARTS) is 1. The van der Waals surface area contributed by atoms with Crippen molar-refractivity contribution < 1.29 is 28.8 Å². The average Bonchev–Trinajstić information content (AvgIpc) is 2.86. The van der Waals surface area contributed by atoms with Gasteiger partial charge in [-0.15, -0.1) is 0 Å². The van der Waals surface area contributed by atoms with E-state index < -0.39 is 6.09 Å². The van der Waals surface area contributed by atoms with E-state index in [4.69, 9.17) is 29.0 Å². The zero-order valence-corrected chi connectivity index (χ0v) is 22.1. The highest BCUT2D eigenvalue weighted by Crippen LogP contribution is 2.41. The molecular weight excluding hydrogens is 512 g/mol. The fraction of sp³-hybridized carbons (Fsp3) is 0.433. The minimum Gasteiger partial charge on any atom is -0.490 e. The van der Waals surface area contributed by atoms with E-state index in [1.165, 1.54) is 11.1 Å². The van der Waals surface area contributed by atoms with Crippen molar-refractivity contribution in [2.45, 2.75) is 37.0 Å². The lowest BCUT2D eigenvalue weighted by atomic mass is 9.73. The van der Waals surface area contributed by atoms with Gasteiger partial charge in [0.25, 0.3) is 0 Å². The number of aromatic nitrogens is 2. The highest BCUT2D eigenvalue weighted by atomic mass is 16.5. The first kappa shape index (κ1) is 25.1. The second-order valence-corrected chi connectivity index (χ2v) is 11.5. The molecule has 0 radical (unpaired) electrons. The van der Waals surface area contributed by atoms with Crippen LogP contribution in [0.25, 0.3) is 0 Å². The molecule has 1 saturated carbocycles. The Bertz CT molecular complexity index is 1360. The number of nitrogens with zero attached hydrogens (tertiary/aromatic N) is 3. The summed E-state index contributed by atoms with van der Waals surface area (Å²) < 4.78 is 23.1. The number of rotatable bonds is 9. The van der Waals surface area contributed by atoms with Crippen LogP contribution in [0.2, 0.25) is 0 Å². The van der Waals surface area contributed by atoms with Gasteiger partial charge >= 0.3 is 6.09 Å². The normalized spacial score (nSPS) is 23.6. The standard InChI is InChI=1S/C30H32N4O6/c35-28(36)33-23-11-26(12-23)40-25-7-3-21(4-8-25)30(18-38-19-30)20-1-5-24(6-2-20)39-13-22-9-10-31-27(32-22)34-14-29(15-34)16-37-17-29/h1-10,23,26,33H,11-19H2,(H,35,36). The minimum absolute atomic E-state index is 0.0247. The van der Waals surface area contributed by atoms with Crippen LogP contribution in [0.4, 0.5) is 10.7 Å². The van der Waals surface area contributed by atoms with E-state index in [-0.39, 0.29) is 17.6 Å². The van der Waals surface area contributed by atoms with Gasteiger partial charge in [0.2, 0.25) is 5.95 Å². The number of hydrogen-bond donors (Lipinski definition) is 2. The van der Waals surface area contributed by atoms with E-state index in [2.05, 4.69) is 39.5 Å². The summed E-state index contributed by atoms with van der Waals surface area (Å²) in [6.45, 7) is 5.19. The summed E-state index contributed by atoms with van der Waals surface area (Å²) >= 11 is 0. The number of benzene rings is 2. The molecule has 1 aromatic heterocycles. The summed E-state index contributed by atoms with van der Waals surface area (Å²) in [6.07, 6.45) is 2.22. The van der Waals surface area contributed by atoms with Crippen molar-refractivity contribution in [3.8, 4) is 11.5 Å². The number of ether oxygens (including phenoxy) is 4. The molecule has 4 aliphatic rings. The molecule has 40 heavy (non-hydrogen) atoms. The molecule has 1 aliphatic carbocycles. The summed E-state index contributed by atoms with van der Waals surface area (Å²) in [5.41, 5.74) is 3.32. The lowest BCUT2D eigenvalue weighted by Crippen LogP contribution is -2.66. The molecule has 2 N–H and O–H groups in total. The van der Waals surface area contributed by atoms with E-state index in [0.29, 0.717) is 38.1 Å². The van der Waals surface area contributed by atoms with E-state index >= 15 is 0 Å². The molecule has 1 amide bonds. The SMILES string of the molecule is O=C(O)NC1CC(Oc2ccc(C3(c4ccc(OCc5ccnc(N6CC7(COC7)C6)n5)cc4)COC3)cc2)C1. The summed E-state index contributed by atoms with van der Waals surface area (Å²) in [5.74, 6) is 2.33. The summed E-state index contributed by atoms with van der Waals surface area (Å²) in [6, 6.07) is 18.3. The molecule has 3 aromatic rings. The third-order valence-corrected chi connectivity index (χ3v) is 8.48. The Kier molecular flexibility index (Phi) is 6.24. The number of carbonyl (C=O) groups is 1. The number of anilines is 1. The Labute approximate surface area is 232 Å². The minimum atomic E-state index is -0.986. The van der Waals surface area contributed by atoms with Gasteiger partial charge in [0, 0.05) is 38.2 Å². The molecule has 4 fully saturated rings. The van der Waals surface area contributed by atoms with Crippen molar-refractivity contribution in [1.29, 1.82) is 0 Å². The zero-order chi connectivity index (χ0) is 27.2. The van der Waals surface area contributed by atoms with Gasteiger partial charge < -0.3 is 34.3 Å². The van der Waals surface area contributed by atoms with Crippen LogP contribution in [-0.2, 0) is 21.5 Å². The number of nitrogens with one attached hydrogen (secondary N) is 1. The van der Waals surface area contributed by atoms with Crippen LogP contribution in [0.3, 0.4) is 0 Å². The molecule has 10 heteroatoms. The molecule has 1 spiro atoms. The van der Waals surface area contributed by atoms with E-state index in [9.17, 15) is 4.79 Å². The Balaban J connectivity index is 0.951. The van der Waals surface area contributed by atoms with Crippen molar-refractivity contribution in [2.24, 2.45) is 5.41 Å². The van der Waals surface area contributed by atoms with Gasteiger partial charge in [-0.25, -0.2) is 14.8 Å². The van der Waals surface area contributed by atoms with E-state index in [0.717, 1.165) is 49.4 Å². The molecule has 3 saturated heterocycles. The quantitative estimate of drug-likeness (QED) is 0.418. The average molecular weight is 545 g/mol. The fourth-order valence-corrected chi connectivity index (χ4v) is 5.93. The van der Waals surface area contributed by atoms with Crippen LogP contribution in [0, 0.1) is 5.41 Å².